The van der Waals surface area contributed by atoms with E-state index in [4.69, 9.17) is 15.1 Å². The summed E-state index contributed by atoms with van der Waals surface area (Å²) in [4.78, 5) is 40.5. The summed E-state index contributed by atoms with van der Waals surface area (Å²) in [5.74, 6) is -4.74. The molecule has 0 aromatic heterocycles. The summed E-state index contributed by atoms with van der Waals surface area (Å²) in [6.45, 7) is -0.648. The first-order valence-corrected chi connectivity index (χ1v) is 6.73. The first-order chi connectivity index (χ1) is 11.2. The number of rotatable bonds is 7. The molecular weight excluding hydrogens is 323 g/mol. The number of aliphatic hydroxyl groups excluding tert-OH is 1. The van der Waals surface area contributed by atoms with E-state index in [1.165, 1.54) is 43.3 Å². The molecule has 0 unspecified atom stereocenters. The lowest BCUT2D eigenvalue weighted by molar-refractivity contribution is -0.189. The number of nitrogens with zero attached hydrogens (tertiary/aromatic N) is 2. The van der Waals surface area contributed by atoms with E-state index >= 15 is 0 Å². The van der Waals surface area contributed by atoms with Gasteiger partial charge in [-0.3, -0.25) is 14.4 Å². The van der Waals surface area contributed by atoms with Crippen molar-refractivity contribution in [3.8, 4) is 0 Å². The van der Waals surface area contributed by atoms with Gasteiger partial charge in [0.15, 0.2) is 6.61 Å². The molecule has 2 N–H and O–H groups in total. The number of carbonyl (C=O) groups is 3. The molecule has 0 saturated carbocycles. The van der Waals surface area contributed by atoms with Crippen LogP contribution in [0.2, 0.25) is 0 Å². The first-order valence-electron chi connectivity index (χ1n) is 6.73. The van der Waals surface area contributed by atoms with E-state index in [1.807, 2.05) is 0 Å². The Labute approximate surface area is 137 Å². The SMILES string of the molecule is CN(C)C(=O)CON(Cc1ccc(F)cc1)C(=O)/C=C(\O)C(=O)O. The third kappa shape index (κ3) is 6.05. The molecule has 0 saturated heterocycles. The Bertz CT molecular complexity index is 642. The van der Waals surface area contributed by atoms with Crippen molar-refractivity contribution in [1.29, 1.82) is 0 Å². The molecule has 0 aliphatic rings. The molecule has 0 heterocycles. The Kier molecular flexibility index (Phi) is 6.87. The number of hydroxylamine groups is 2. The number of hydrogen-bond acceptors (Lipinski definition) is 5. The van der Waals surface area contributed by atoms with E-state index in [9.17, 15) is 18.8 Å². The summed E-state index contributed by atoms with van der Waals surface area (Å²) < 4.78 is 12.9. The van der Waals surface area contributed by atoms with Crippen LogP contribution < -0.4 is 0 Å². The Morgan fingerprint density at radius 1 is 1.17 bits per heavy atom. The quantitative estimate of drug-likeness (QED) is 0.430. The third-order valence-corrected chi connectivity index (χ3v) is 2.81. The van der Waals surface area contributed by atoms with Gasteiger partial charge in [-0.2, -0.15) is 0 Å². The molecule has 1 rings (SSSR count). The minimum absolute atomic E-state index is 0.177. The van der Waals surface area contributed by atoms with Gasteiger partial charge in [0.25, 0.3) is 11.8 Å². The van der Waals surface area contributed by atoms with Crippen molar-refractivity contribution in [2.45, 2.75) is 6.54 Å². The number of carbonyl (C=O) groups excluding carboxylic acids is 2. The molecule has 0 bridgehead atoms. The van der Waals surface area contributed by atoms with Crippen LogP contribution in [0, 0.1) is 5.82 Å². The van der Waals surface area contributed by atoms with Crippen LogP contribution in [0.5, 0.6) is 0 Å². The number of carboxylic acids is 1. The molecule has 0 aliphatic heterocycles. The average Bonchev–Trinajstić information content (AvgIpc) is 2.52. The lowest BCUT2D eigenvalue weighted by Gasteiger charge is -2.21. The fraction of sp³-hybridized carbons (Fsp3) is 0.267. The van der Waals surface area contributed by atoms with E-state index in [-0.39, 0.29) is 6.54 Å². The predicted molar refractivity (Wildman–Crippen MR) is 79.9 cm³/mol. The largest absolute Gasteiger partial charge is 0.502 e. The summed E-state index contributed by atoms with van der Waals surface area (Å²) in [5, 5.41) is 18.4. The van der Waals surface area contributed by atoms with Gasteiger partial charge in [-0.1, -0.05) is 12.1 Å². The number of hydrogen-bond donors (Lipinski definition) is 2. The molecule has 0 aliphatic carbocycles. The highest BCUT2D eigenvalue weighted by molar-refractivity contribution is 5.95. The zero-order chi connectivity index (χ0) is 18.3. The van der Waals surface area contributed by atoms with Gasteiger partial charge in [0.1, 0.15) is 5.82 Å². The van der Waals surface area contributed by atoms with Crippen LogP contribution in [0.25, 0.3) is 0 Å². The molecule has 9 heteroatoms. The number of aliphatic hydroxyl groups is 1. The van der Waals surface area contributed by atoms with Gasteiger partial charge in [0.2, 0.25) is 5.76 Å². The second-order valence-electron chi connectivity index (χ2n) is 4.90. The molecule has 0 fully saturated rings. The highest BCUT2D eigenvalue weighted by atomic mass is 19.1. The van der Waals surface area contributed by atoms with Gasteiger partial charge < -0.3 is 15.1 Å². The maximum atomic E-state index is 12.9. The second kappa shape index (κ2) is 8.63. The second-order valence-corrected chi connectivity index (χ2v) is 4.90. The van der Waals surface area contributed by atoms with Crippen LogP contribution in [0.3, 0.4) is 0 Å². The molecule has 0 atom stereocenters. The molecule has 1 aromatic rings. The van der Waals surface area contributed by atoms with Gasteiger partial charge in [0.05, 0.1) is 12.6 Å². The molecule has 8 nitrogen and oxygen atoms in total. The van der Waals surface area contributed by atoms with Gasteiger partial charge in [0, 0.05) is 14.1 Å². The smallest absolute Gasteiger partial charge is 0.371 e. The average molecular weight is 340 g/mol. The molecule has 1 aromatic carbocycles. The van der Waals surface area contributed by atoms with Crippen LogP contribution >= 0.6 is 0 Å². The number of benzene rings is 1. The maximum absolute atomic E-state index is 12.9. The van der Waals surface area contributed by atoms with Crippen molar-refractivity contribution in [3.05, 3.63) is 47.5 Å². The van der Waals surface area contributed by atoms with Gasteiger partial charge in [-0.05, 0) is 17.7 Å². The van der Waals surface area contributed by atoms with E-state index in [0.29, 0.717) is 16.7 Å². The Morgan fingerprint density at radius 2 is 1.75 bits per heavy atom. The van der Waals surface area contributed by atoms with Crippen LogP contribution in [0.1, 0.15) is 5.56 Å². The van der Waals surface area contributed by atoms with Crippen molar-refractivity contribution in [2.24, 2.45) is 0 Å². The fourth-order valence-corrected chi connectivity index (χ4v) is 1.46. The summed E-state index contributed by atoms with van der Waals surface area (Å²) in [5.41, 5.74) is 0.477. The normalized spacial score (nSPS) is 11.0. The Morgan fingerprint density at radius 3 is 2.25 bits per heavy atom. The lowest BCUT2D eigenvalue weighted by Crippen LogP contribution is -2.35. The topological polar surface area (TPSA) is 107 Å². The predicted octanol–water partition coefficient (Wildman–Crippen LogP) is 0.701. The molecular formula is C15H17FN2O6. The van der Waals surface area contributed by atoms with E-state index in [0.717, 1.165) is 0 Å². The molecule has 24 heavy (non-hydrogen) atoms. The first kappa shape index (κ1) is 19.1. The van der Waals surface area contributed by atoms with Crippen LogP contribution in [0.15, 0.2) is 36.1 Å². The summed E-state index contributed by atoms with van der Waals surface area (Å²) in [7, 11) is 2.99. The third-order valence-electron chi connectivity index (χ3n) is 2.81. The number of amides is 2. The Balaban J connectivity index is 2.91. The highest BCUT2D eigenvalue weighted by Gasteiger charge is 2.18. The zero-order valence-corrected chi connectivity index (χ0v) is 13.1. The van der Waals surface area contributed by atoms with Crippen LogP contribution in [-0.4, -0.2) is 58.7 Å². The van der Waals surface area contributed by atoms with Gasteiger partial charge in [-0.15, -0.1) is 0 Å². The standard InChI is InChI=1S/C15H17FN2O6/c1-17(2)14(21)9-24-18(13(20)7-12(19)15(22)23)8-10-3-5-11(16)6-4-10/h3-7,19H,8-9H2,1-2H3,(H,22,23)/b12-7-. The van der Waals surface area contributed by atoms with Crippen molar-refractivity contribution in [2.75, 3.05) is 20.7 Å². The minimum atomic E-state index is -1.69. The van der Waals surface area contributed by atoms with Gasteiger partial charge >= 0.3 is 5.97 Å². The summed E-state index contributed by atoms with van der Waals surface area (Å²) in [6, 6.07) is 5.14. The van der Waals surface area contributed by atoms with Crippen molar-refractivity contribution >= 4 is 17.8 Å². The highest BCUT2D eigenvalue weighted by Crippen LogP contribution is 2.09. The zero-order valence-electron chi connectivity index (χ0n) is 13.1. The van der Waals surface area contributed by atoms with Crippen LogP contribution in [0.4, 0.5) is 4.39 Å². The molecule has 0 spiro atoms. The monoisotopic (exact) mass is 340 g/mol. The van der Waals surface area contributed by atoms with Crippen molar-refractivity contribution in [3.63, 3.8) is 0 Å². The van der Waals surface area contributed by atoms with Crippen LogP contribution in [-0.2, 0) is 25.8 Å². The fourth-order valence-electron chi connectivity index (χ4n) is 1.46. The number of halogens is 1. The molecule has 2 amide bonds. The molecule has 130 valence electrons. The Hall–Kier alpha value is -2.94. The number of aliphatic carboxylic acids is 1. The summed E-state index contributed by atoms with van der Waals surface area (Å²) in [6.07, 6.45) is 0.450. The minimum Gasteiger partial charge on any atom is -0.502 e. The van der Waals surface area contributed by atoms with Crippen molar-refractivity contribution < 1.29 is 33.8 Å². The van der Waals surface area contributed by atoms with E-state index < -0.39 is 36.0 Å². The summed E-state index contributed by atoms with van der Waals surface area (Å²) >= 11 is 0. The molecule has 0 radical (unpaired) electrons. The van der Waals surface area contributed by atoms with Gasteiger partial charge in [-0.25, -0.2) is 14.2 Å². The van der Waals surface area contributed by atoms with E-state index in [2.05, 4.69) is 0 Å². The lowest BCUT2D eigenvalue weighted by atomic mass is 10.2. The number of carboxylic acid groups (broad SMARTS) is 1. The van der Waals surface area contributed by atoms with E-state index in [1.54, 1.807) is 0 Å². The maximum Gasteiger partial charge on any atom is 0.371 e. The number of likely N-dealkylation sites (N-methyl/N-ethyl adjacent to an activating group) is 1. The van der Waals surface area contributed by atoms with Crippen molar-refractivity contribution in [1.82, 2.24) is 9.96 Å².